The quantitative estimate of drug-likeness (QED) is 0.507. The fourth-order valence-corrected chi connectivity index (χ4v) is 5.27. The molecule has 178 valence electrons. The fourth-order valence-electron chi connectivity index (χ4n) is 3.72. The Morgan fingerprint density at radius 1 is 0.941 bits per heavy atom. The largest absolute Gasteiger partial charge is 0.497 e. The molecule has 1 saturated heterocycles. The molecule has 3 aromatic rings. The second-order valence-electron chi connectivity index (χ2n) is 7.84. The van der Waals surface area contributed by atoms with Crippen LogP contribution in [-0.2, 0) is 10.0 Å². The van der Waals surface area contributed by atoms with Gasteiger partial charge in [-0.3, -0.25) is 4.79 Å². The number of nitrogens with one attached hydrogen (secondary N) is 1. The lowest BCUT2D eigenvalue weighted by molar-refractivity contribution is 0.102. The average Bonchev–Trinajstić information content (AvgIpc) is 2.86. The summed E-state index contributed by atoms with van der Waals surface area (Å²) in [7, 11) is -2.36. The number of anilines is 1. The van der Waals surface area contributed by atoms with Gasteiger partial charge in [0.05, 0.1) is 23.3 Å². The monoisotopic (exact) mass is 484 g/mol. The Bertz CT molecular complexity index is 1280. The van der Waals surface area contributed by atoms with Gasteiger partial charge in [0.1, 0.15) is 17.3 Å². The smallest absolute Gasteiger partial charge is 0.258 e. The molecule has 0 aliphatic carbocycles. The van der Waals surface area contributed by atoms with Crippen molar-refractivity contribution in [2.75, 3.05) is 25.5 Å². The van der Waals surface area contributed by atoms with E-state index >= 15 is 0 Å². The van der Waals surface area contributed by atoms with Crippen LogP contribution in [0.5, 0.6) is 17.2 Å². The van der Waals surface area contributed by atoms with Crippen molar-refractivity contribution in [2.24, 2.45) is 0 Å². The van der Waals surface area contributed by atoms with E-state index in [1.54, 1.807) is 24.3 Å². The molecule has 0 radical (unpaired) electrons. The van der Waals surface area contributed by atoms with Gasteiger partial charge < -0.3 is 14.8 Å². The van der Waals surface area contributed by atoms with Crippen molar-refractivity contribution >= 4 is 21.6 Å². The standard InChI is InChI=1S/C25H25FN2O5S/c1-32-19-10-12-21(22(26)16-19)25(29)27-23-17-20(34(30,31)28-14-6-3-7-15-28)11-13-24(23)33-18-8-4-2-5-9-18/h2,4-5,8-13,16-17H,3,6-7,14-15H2,1H3,(H,27,29). The van der Waals surface area contributed by atoms with Crippen LogP contribution < -0.4 is 14.8 Å². The molecule has 1 fully saturated rings. The Hall–Kier alpha value is -3.43. The Balaban J connectivity index is 1.69. The zero-order chi connectivity index (χ0) is 24.1. The van der Waals surface area contributed by atoms with Gasteiger partial charge in [-0.15, -0.1) is 0 Å². The first kappa shape index (κ1) is 23.7. The van der Waals surface area contributed by atoms with Gasteiger partial charge in [0, 0.05) is 19.2 Å². The number of piperidine rings is 1. The number of benzene rings is 3. The number of halogens is 1. The molecule has 0 spiro atoms. The van der Waals surface area contributed by atoms with Gasteiger partial charge in [0.15, 0.2) is 5.75 Å². The van der Waals surface area contributed by atoms with E-state index in [2.05, 4.69) is 5.32 Å². The summed E-state index contributed by atoms with van der Waals surface area (Å²) in [5.74, 6) is -0.506. The molecule has 34 heavy (non-hydrogen) atoms. The molecule has 1 heterocycles. The van der Waals surface area contributed by atoms with Crippen LogP contribution in [0.2, 0.25) is 0 Å². The predicted molar refractivity (Wildman–Crippen MR) is 126 cm³/mol. The second-order valence-corrected chi connectivity index (χ2v) is 9.78. The first-order chi connectivity index (χ1) is 16.4. The van der Waals surface area contributed by atoms with Crippen molar-refractivity contribution in [3.05, 3.63) is 78.1 Å². The van der Waals surface area contributed by atoms with Crippen LogP contribution in [0.3, 0.4) is 0 Å². The topological polar surface area (TPSA) is 84.9 Å². The number of nitrogens with zero attached hydrogens (tertiary/aromatic N) is 1. The minimum atomic E-state index is -3.76. The third-order valence-corrected chi connectivity index (χ3v) is 7.44. The van der Waals surface area contributed by atoms with Gasteiger partial charge in [-0.25, -0.2) is 12.8 Å². The van der Waals surface area contributed by atoms with Crippen molar-refractivity contribution in [1.82, 2.24) is 4.31 Å². The lowest BCUT2D eigenvalue weighted by Crippen LogP contribution is -2.35. The van der Waals surface area contributed by atoms with Gasteiger partial charge in [-0.1, -0.05) is 24.6 Å². The second kappa shape index (κ2) is 10.2. The molecule has 1 aliphatic heterocycles. The Morgan fingerprint density at radius 3 is 2.35 bits per heavy atom. The lowest BCUT2D eigenvalue weighted by atomic mass is 10.1. The van der Waals surface area contributed by atoms with Crippen LogP contribution in [0.4, 0.5) is 10.1 Å². The van der Waals surface area contributed by atoms with E-state index < -0.39 is 21.7 Å². The maximum atomic E-state index is 14.5. The maximum Gasteiger partial charge on any atom is 0.258 e. The molecule has 0 atom stereocenters. The molecular weight excluding hydrogens is 459 g/mol. The van der Waals surface area contributed by atoms with E-state index in [4.69, 9.17) is 9.47 Å². The molecule has 1 aliphatic rings. The third kappa shape index (κ3) is 5.21. The Morgan fingerprint density at radius 2 is 1.68 bits per heavy atom. The minimum absolute atomic E-state index is 0.0281. The molecule has 3 aromatic carbocycles. The normalized spacial score (nSPS) is 14.4. The highest BCUT2D eigenvalue weighted by Crippen LogP contribution is 2.34. The van der Waals surface area contributed by atoms with Gasteiger partial charge in [-0.2, -0.15) is 4.31 Å². The molecule has 9 heteroatoms. The molecule has 4 rings (SSSR count). The molecule has 0 saturated carbocycles. The van der Waals surface area contributed by atoms with E-state index in [-0.39, 0.29) is 27.6 Å². The molecule has 0 unspecified atom stereocenters. The number of amides is 1. The molecule has 0 bridgehead atoms. The number of carbonyl (C=O) groups is 1. The summed E-state index contributed by atoms with van der Waals surface area (Å²) in [6, 6.07) is 17.0. The summed E-state index contributed by atoms with van der Waals surface area (Å²) in [5, 5.41) is 2.61. The minimum Gasteiger partial charge on any atom is -0.497 e. The predicted octanol–water partition coefficient (Wildman–Crippen LogP) is 5.05. The SMILES string of the molecule is COc1ccc(C(=O)Nc2cc(S(=O)(=O)N3CCCCC3)ccc2Oc2ccccc2)c(F)c1. The molecular formula is C25H25FN2O5S. The number of ether oxygens (including phenoxy) is 2. The summed E-state index contributed by atoms with van der Waals surface area (Å²) in [6.45, 7) is 0.896. The molecule has 1 amide bonds. The number of rotatable bonds is 7. The number of carbonyl (C=O) groups excluding carboxylic acids is 1. The van der Waals surface area contributed by atoms with Crippen LogP contribution in [0.1, 0.15) is 29.6 Å². The number of hydrogen-bond donors (Lipinski definition) is 1. The van der Waals surface area contributed by atoms with Crippen molar-refractivity contribution in [3.63, 3.8) is 0 Å². The van der Waals surface area contributed by atoms with Crippen LogP contribution in [-0.4, -0.2) is 38.8 Å². The van der Waals surface area contributed by atoms with Gasteiger partial charge in [-0.05, 0) is 55.3 Å². The summed E-state index contributed by atoms with van der Waals surface area (Å²) in [5.41, 5.74) is -0.0992. The highest BCUT2D eigenvalue weighted by atomic mass is 32.2. The lowest BCUT2D eigenvalue weighted by Gasteiger charge is -2.26. The van der Waals surface area contributed by atoms with E-state index in [1.165, 1.54) is 41.7 Å². The highest BCUT2D eigenvalue weighted by molar-refractivity contribution is 7.89. The zero-order valence-corrected chi connectivity index (χ0v) is 19.5. The molecule has 0 aromatic heterocycles. The Labute approximate surface area is 198 Å². The number of methoxy groups -OCH3 is 1. The van der Waals surface area contributed by atoms with Crippen molar-refractivity contribution < 1.29 is 27.1 Å². The summed E-state index contributed by atoms with van der Waals surface area (Å²) in [6.07, 6.45) is 2.59. The first-order valence-electron chi connectivity index (χ1n) is 10.9. The summed E-state index contributed by atoms with van der Waals surface area (Å²) < 4.78 is 53.2. The van der Waals surface area contributed by atoms with E-state index in [1.807, 2.05) is 6.07 Å². The van der Waals surface area contributed by atoms with E-state index in [9.17, 15) is 17.6 Å². The Kier molecular flexibility index (Phi) is 7.14. The van der Waals surface area contributed by atoms with Crippen LogP contribution in [0.15, 0.2) is 71.6 Å². The van der Waals surface area contributed by atoms with Gasteiger partial charge >= 0.3 is 0 Å². The van der Waals surface area contributed by atoms with Crippen LogP contribution >= 0.6 is 0 Å². The molecule has 7 nitrogen and oxygen atoms in total. The number of para-hydroxylation sites is 1. The maximum absolute atomic E-state index is 14.5. The van der Waals surface area contributed by atoms with Crippen LogP contribution in [0.25, 0.3) is 0 Å². The van der Waals surface area contributed by atoms with E-state index in [0.29, 0.717) is 18.8 Å². The van der Waals surface area contributed by atoms with Crippen molar-refractivity contribution in [2.45, 2.75) is 24.2 Å². The molecule has 1 N–H and O–H groups in total. The van der Waals surface area contributed by atoms with Crippen LogP contribution in [0, 0.1) is 5.82 Å². The van der Waals surface area contributed by atoms with Crippen molar-refractivity contribution in [1.29, 1.82) is 0 Å². The summed E-state index contributed by atoms with van der Waals surface area (Å²) >= 11 is 0. The number of hydrogen-bond acceptors (Lipinski definition) is 5. The highest BCUT2D eigenvalue weighted by Gasteiger charge is 2.27. The number of sulfonamides is 1. The zero-order valence-electron chi connectivity index (χ0n) is 18.7. The fraction of sp³-hybridized carbons (Fsp3) is 0.240. The van der Waals surface area contributed by atoms with Gasteiger partial charge in [0.25, 0.3) is 5.91 Å². The average molecular weight is 485 g/mol. The van der Waals surface area contributed by atoms with Gasteiger partial charge in [0.2, 0.25) is 10.0 Å². The third-order valence-electron chi connectivity index (χ3n) is 5.54. The van der Waals surface area contributed by atoms with E-state index in [0.717, 1.165) is 25.3 Å². The first-order valence-corrected chi connectivity index (χ1v) is 12.3. The summed E-state index contributed by atoms with van der Waals surface area (Å²) in [4.78, 5) is 12.9. The van der Waals surface area contributed by atoms with Crippen molar-refractivity contribution in [3.8, 4) is 17.2 Å².